The van der Waals surface area contributed by atoms with Crippen LogP contribution in [0.4, 0.5) is 0 Å². The molecule has 0 aliphatic heterocycles. The highest BCUT2D eigenvalue weighted by molar-refractivity contribution is 7.99. The van der Waals surface area contributed by atoms with Gasteiger partial charge in [0, 0.05) is 20.9 Å². The topological polar surface area (TPSA) is 26.0 Å². The van der Waals surface area contributed by atoms with E-state index in [0.717, 1.165) is 11.4 Å². The molecule has 4 heteroatoms. The third kappa shape index (κ3) is 4.43. The van der Waals surface area contributed by atoms with E-state index in [0.29, 0.717) is 0 Å². The lowest BCUT2D eigenvalue weighted by Gasteiger charge is -2.14. The van der Waals surface area contributed by atoms with Gasteiger partial charge in [-0.15, -0.1) is 12.4 Å². The van der Waals surface area contributed by atoms with Gasteiger partial charge in [0.2, 0.25) is 0 Å². The zero-order valence-corrected chi connectivity index (χ0v) is 13.1. The molecule has 0 saturated carbocycles. The number of rotatable bonds is 4. The van der Waals surface area contributed by atoms with Crippen molar-refractivity contribution < 1.29 is 0 Å². The van der Waals surface area contributed by atoms with Crippen LogP contribution in [-0.4, -0.2) is 0 Å². The third-order valence-electron chi connectivity index (χ3n) is 2.80. The quantitative estimate of drug-likeness (QED) is 0.826. The van der Waals surface area contributed by atoms with E-state index in [1.54, 1.807) is 11.8 Å². The summed E-state index contributed by atoms with van der Waals surface area (Å²) in [5.74, 6) is 0. The summed E-state index contributed by atoms with van der Waals surface area (Å²) in [7, 11) is 0. The SMILES string of the molecule is CC[C@H](N)c1ccccc1Sc1ccc(Cl)cc1.Cl. The van der Waals surface area contributed by atoms with Crippen LogP contribution in [0.3, 0.4) is 0 Å². The average molecular weight is 314 g/mol. The minimum absolute atomic E-state index is 0. The Balaban J connectivity index is 0.00000180. The van der Waals surface area contributed by atoms with Gasteiger partial charge in [-0.25, -0.2) is 0 Å². The molecule has 0 spiro atoms. The molecule has 102 valence electrons. The fourth-order valence-electron chi connectivity index (χ4n) is 1.73. The van der Waals surface area contributed by atoms with Crippen molar-refractivity contribution >= 4 is 35.8 Å². The summed E-state index contributed by atoms with van der Waals surface area (Å²) in [5, 5.41) is 0.762. The van der Waals surface area contributed by atoms with E-state index >= 15 is 0 Å². The predicted molar refractivity (Wildman–Crippen MR) is 86.5 cm³/mol. The van der Waals surface area contributed by atoms with Crippen molar-refractivity contribution in [2.75, 3.05) is 0 Å². The molecule has 0 saturated heterocycles. The number of benzene rings is 2. The minimum atomic E-state index is 0. The van der Waals surface area contributed by atoms with E-state index in [2.05, 4.69) is 19.1 Å². The van der Waals surface area contributed by atoms with Crippen LogP contribution in [-0.2, 0) is 0 Å². The number of nitrogens with two attached hydrogens (primary N) is 1. The summed E-state index contributed by atoms with van der Waals surface area (Å²) in [5.41, 5.74) is 7.35. The molecule has 0 aliphatic rings. The third-order valence-corrected chi connectivity index (χ3v) is 4.15. The van der Waals surface area contributed by atoms with Gasteiger partial charge in [0.05, 0.1) is 0 Å². The Labute approximate surface area is 130 Å². The van der Waals surface area contributed by atoms with Crippen LogP contribution >= 0.6 is 35.8 Å². The molecule has 0 unspecified atom stereocenters. The molecule has 0 radical (unpaired) electrons. The van der Waals surface area contributed by atoms with Gasteiger partial charge in [-0.1, -0.05) is 48.5 Å². The molecule has 2 N–H and O–H groups in total. The maximum Gasteiger partial charge on any atom is 0.0406 e. The molecule has 0 amide bonds. The number of hydrogen-bond acceptors (Lipinski definition) is 2. The van der Waals surface area contributed by atoms with Crippen LogP contribution in [0.15, 0.2) is 58.3 Å². The summed E-state index contributed by atoms with van der Waals surface area (Å²) in [4.78, 5) is 2.39. The van der Waals surface area contributed by atoms with Crippen molar-refractivity contribution in [3.63, 3.8) is 0 Å². The molecular weight excluding hydrogens is 297 g/mol. The van der Waals surface area contributed by atoms with Gasteiger partial charge in [0.15, 0.2) is 0 Å². The summed E-state index contributed by atoms with van der Waals surface area (Å²) in [6.45, 7) is 2.11. The molecule has 0 aromatic heterocycles. The van der Waals surface area contributed by atoms with E-state index in [4.69, 9.17) is 17.3 Å². The summed E-state index contributed by atoms with van der Waals surface area (Å²) < 4.78 is 0. The molecule has 0 fully saturated rings. The largest absolute Gasteiger partial charge is 0.324 e. The Morgan fingerprint density at radius 2 is 1.74 bits per heavy atom. The summed E-state index contributed by atoms with van der Waals surface area (Å²) in [6.07, 6.45) is 0.943. The smallest absolute Gasteiger partial charge is 0.0406 e. The van der Waals surface area contributed by atoms with Crippen molar-refractivity contribution in [3.05, 3.63) is 59.1 Å². The van der Waals surface area contributed by atoms with E-state index in [1.807, 2.05) is 36.4 Å². The zero-order chi connectivity index (χ0) is 13.0. The first-order chi connectivity index (χ1) is 8.70. The molecule has 0 heterocycles. The Hall–Kier alpha value is -0.670. The van der Waals surface area contributed by atoms with E-state index in [-0.39, 0.29) is 18.4 Å². The maximum atomic E-state index is 6.14. The molecule has 2 aromatic carbocycles. The van der Waals surface area contributed by atoms with Gasteiger partial charge in [0.25, 0.3) is 0 Å². The average Bonchev–Trinajstić information content (AvgIpc) is 2.41. The second kappa shape index (κ2) is 7.81. The lowest BCUT2D eigenvalue weighted by Crippen LogP contribution is -2.09. The summed E-state index contributed by atoms with van der Waals surface area (Å²) >= 11 is 7.62. The second-order valence-electron chi connectivity index (χ2n) is 4.11. The molecule has 2 aromatic rings. The van der Waals surface area contributed by atoms with Crippen molar-refractivity contribution in [2.45, 2.75) is 29.2 Å². The Morgan fingerprint density at radius 1 is 1.11 bits per heavy atom. The number of halogens is 2. The first-order valence-corrected chi connectivity index (χ1v) is 7.18. The lowest BCUT2D eigenvalue weighted by atomic mass is 10.1. The minimum Gasteiger partial charge on any atom is -0.324 e. The first kappa shape index (κ1) is 16.4. The molecule has 1 atom stereocenters. The van der Waals surface area contributed by atoms with Crippen LogP contribution < -0.4 is 5.73 Å². The fourth-order valence-corrected chi connectivity index (χ4v) is 2.87. The fraction of sp³-hybridized carbons (Fsp3) is 0.200. The highest BCUT2D eigenvalue weighted by Crippen LogP contribution is 2.33. The standard InChI is InChI=1S/C15H16ClNS.ClH/c1-2-14(17)13-5-3-4-6-15(13)18-12-9-7-11(16)8-10-12;/h3-10,14H,2,17H2,1H3;1H/t14-;/m0./s1. The van der Waals surface area contributed by atoms with Crippen LogP contribution in [0.25, 0.3) is 0 Å². The van der Waals surface area contributed by atoms with Crippen LogP contribution in [0.2, 0.25) is 5.02 Å². The van der Waals surface area contributed by atoms with Gasteiger partial charge in [0.1, 0.15) is 0 Å². The molecule has 0 bridgehead atoms. The van der Waals surface area contributed by atoms with Crippen LogP contribution in [0.5, 0.6) is 0 Å². The highest BCUT2D eigenvalue weighted by Gasteiger charge is 2.09. The monoisotopic (exact) mass is 313 g/mol. The molecular formula is C15H17Cl2NS. The van der Waals surface area contributed by atoms with Crippen molar-refractivity contribution in [2.24, 2.45) is 5.73 Å². The van der Waals surface area contributed by atoms with Gasteiger partial charge in [-0.3, -0.25) is 0 Å². The normalized spacial score (nSPS) is 11.7. The first-order valence-electron chi connectivity index (χ1n) is 5.98. The van der Waals surface area contributed by atoms with Crippen molar-refractivity contribution in [1.29, 1.82) is 0 Å². The summed E-state index contributed by atoms with van der Waals surface area (Å²) in [6, 6.07) is 16.3. The maximum absolute atomic E-state index is 6.14. The van der Waals surface area contributed by atoms with Gasteiger partial charge >= 0.3 is 0 Å². The molecule has 1 nitrogen and oxygen atoms in total. The van der Waals surface area contributed by atoms with Crippen molar-refractivity contribution in [3.8, 4) is 0 Å². The lowest BCUT2D eigenvalue weighted by molar-refractivity contribution is 0.685. The Morgan fingerprint density at radius 3 is 2.37 bits per heavy atom. The second-order valence-corrected chi connectivity index (χ2v) is 5.66. The van der Waals surface area contributed by atoms with Gasteiger partial charge in [-0.05, 0) is 42.3 Å². The van der Waals surface area contributed by atoms with Gasteiger partial charge in [-0.2, -0.15) is 0 Å². The Kier molecular flexibility index (Phi) is 6.73. The predicted octanol–water partition coefficient (Wildman–Crippen LogP) is 5.32. The van der Waals surface area contributed by atoms with Crippen molar-refractivity contribution in [1.82, 2.24) is 0 Å². The van der Waals surface area contributed by atoms with E-state index in [9.17, 15) is 0 Å². The zero-order valence-electron chi connectivity index (χ0n) is 10.7. The van der Waals surface area contributed by atoms with Crippen LogP contribution in [0, 0.1) is 0 Å². The molecule has 19 heavy (non-hydrogen) atoms. The highest BCUT2D eigenvalue weighted by atomic mass is 35.5. The number of hydrogen-bond donors (Lipinski definition) is 1. The van der Waals surface area contributed by atoms with E-state index in [1.165, 1.54) is 15.4 Å². The molecule has 2 rings (SSSR count). The van der Waals surface area contributed by atoms with Crippen LogP contribution in [0.1, 0.15) is 24.9 Å². The van der Waals surface area contributed by atoms with E-state index < -0.39 is 0 Å². The Bertz CT molecular complexity index is 514. The molecule has 0 aliphatic carbocycles. The van der Waals surface area contributed by atoms with Gasteiger partial charge < -0.3 is 5.73 Å².